The monoisotopic (exact) mass is 348 g/mol. The van der Waals surface area contributed by atoms with Gasteiger partial charge in [-0.25, -0.2) is 0 Å². The Balaban J connectivity index is 1.95. The first-order valence-electron chi connectivity index (χ1n) is 7.42. The minimum absolute atomic E-state index is 0.201. The SMILES string of the molecule is CCC(CC)n1ccc(CC(=O)Cc2ccc(Br)cc2)n1. The van der Waals surface area contributed by atoms with E-state index in [0.717, 1.165) is 28.6 Å². The molecular formula is C17H21BrN2O. The zero-order chi connectivity index (χ0) is 15.2. The van der Waals surface area contributed by atoms with E-state index < -0.39 is 0 Å². The maximum absolute atomic E-state index is 12.1. The van der Waals surface area contributed by atoms with Crippen LogP contribution in [0.5, 0.6) is 0 Å². The number of hydrogen-bond acceptors (Lipinski definition) is 2. The summed E-state index contributed by atoms with van der Waals surface area (Å²) < 4.78 is 3.02. The standard InChI is InChI=1S/C17H21BrN2O/c1-3-16(4-2)20-10-9-15(19-20)12-17(21)11-13-5-7-14(18)8-6-13/h5-10,16H,3-4,11-12H2,1-2H3. The normalized spacial score (nSPS) is 11.0. The van der Waals surface area contributed by atoms with Crippen molar-refractivity contribution >= 4 is 21.7 Å². The summed E-state index contributed by atoms with van der Waals surface area (Å²) in [6.45, 7) is 4.32. The second-order valence-electron chi connectivity index (χ2n) is 5.28. The summed E-state index contributed by atoms with van der Waals surface area (Å²) in [5.74, 6) is 0.201. The fourth-order valence-electron chi connectivity index (χ4n) is 2.43. The van der Waals surface area contributed by atoms with Gasteiger partial charge in [0.05, 0.1) is 18.2 Å². The molecule has 1 heterocycles. The second-order valence-corrected chi connectivity index (χ2v) is 6.19. The summed E-state index contributed by atoms with van der Waals surface area (Å²) in [7, 11) is 0. The zero-order valence-corrected chi connectivity index (χ0v) is 14.1. The van der Waals surface area contributed by atoms with Crippen LogP contribution in [0.15, 0.2) is 41.0 Å². The fraction of sp³-hybridized carbons (Fsp3) is 0.412. The van der Waals surface area contributed by atoms with E-state index in [1.165, 1.54) is 0 Å². The molecule has 2 rings (SSSR count). The Bertz CT molecular complexity index is 585. The Morgan fingerprint density at radius 1 is 1.14 bits per heavy atom. The minimum Gasteiger partial charge on any atom is -0.299 e. The van der Waals surface area contributed by atoms with Crippen molar-refractivity contribution in [1.82, 2.24) is 9.78 Å². The molecular weight excluding hydrogens is 328 g/mol. The number of hydrogen-bond donors (Lipinski definition) is 0. The Morgan fingerprint density at radius 2 is 1.81 bits per heavy atom. The lowest BCUT2D eigenvalue weighted by Crippen LogP contribution is -2.10. The molecule has 4 heteroatoms. The van der Waals surface area contributed by atoms with Crippen LogP contribution in [0.25, 0.3) is 0 Å². The number of rotatable bonds is 7. The predicted molar refractivity (Wildman–Crippen MR) is 88.4 cm³/mol. The van der Waals surface area contributed by atoms with E-state index in [0.29, 0.717) is 18.9 Å². The van der Waals surface area contributed by atoms with Crippen molar-refractivity contribution in [2.75, 3.05) is 0 Å². The van der Waals surface area contributed by atoms with Crippen molar-refractivity contribution in [3.8, 4) is 0 Å². The highest BCUT2D eigenvalue weighted by Crippen LogP contribution is 2.15. The van der Waals surface area contributed by atoms with Gasteiger partial charge in [-0.05, 0) is 36.6 Å². The van der Waals surface area contributed by atoms with E-state index in [9.17, 15) is 4.79 Å². The largest absolute Gasteiger partial charge is 0.299 e. The van der Waals surface area contributed by atoms with Gasteiger partial charge >= 0.3 is 0 Å². The number of Topliss-reactive ketones (excluding diaryl/α,β-unsaturated/α-hetero) is 1. The Morgan fingerprint density at radius 3 is 2.43 bits per heavy atom. The third-order valence-electron chi connectivity index (χ3n) is 3.67. The molecule has 0 aliphatic carbocycles. The van der Waals surface area contributed by atoms with Crippen LogP contribution < -0.4 is 0 Å². The van der Waals surface area contributed by atoms with Crippen molar-refractivity contribution in [2.24, 2.45) is 0 Å². The molecule has 0 amide bonds. The molecule has 0 saturated carbocycles. The molecule has 112 valence electrons. The van der Waals surface area contributed by atoms with E-state index >= 15 is 0 Å². The number of ketones is 1. The molecule has 1 aromatic carbocycles. The van der Waals surface area contributed by atoms with Crippen LogP contribution >= 0.6 is 15.9 Å². The summed E-state index contributed by atoms with van der Waals surface area (Å²) in [4.78, 5) is 12.1. The summed E-state index contributed by atoms with van der Waals surface area (Å²) >= 11 is 3.40. The van der Waals surface area contributed by atoms with Gasteiger partial charge in [-0.1, -0.05) is 41.9 Å². The molecule has 0 bridgehead atoms. The minimum atomic E-state index is 0.201. The first-order valence-corrected chi connectivity index (χ1v) is 8.21. The zero-order valence-electron chi connectivity index (χ0n) is 12.6. The van der Waals surface area contributed by atoms with Gasteiger partial charge in [0.15, 0.2) is 0 Å². The van der Waals surface area contributed by atoms with E-state index in [2.05, 4.69) is 34.9 Å². The molecule has 0 N–H and O–H groups in total. The summed E-state index contributed by atoms with van der Waals surface area (Å²) in [6.07, 6.45) is 4.98. The number of benzene rings is 1. The molecule has 0 saturated heterocycles. The van der Waals surface area contributed by atoms with Gasteiger partial charge in [-0.3, -0.25) is 9.48 Å². The maximum Gasteiger partial charge on any atom is 0.143 e. The highest BCUT2D eigenvalue weighted by molar-refractivity contribution is 9.10. The molecule has 0 atom stereocenters. The van der Waals surface area contributed by atoms with Crippen molar-refractivity contribution in [1.29, 1.82) is 0 Å². The summed E-state index contributed by atoms with van der Waals surface area (Å²) in [5, 5.41) is 4.54. The Labute approximate surface area is 134 Å². The van der Waals surface area contributed by atoms with Crippen molar-refractivity contribution in [2.45, 2.75) is 45.6 Å². The molecule has 0 unspecified atom stereocenters. The number of carbonyl (C=O) groups excluding carboxylic acids is 1. The highest BCUT2D eigenvalue weighted by atomic mass is 79.9. The van der Waals surface area contributed by atoms with Crippen LogP contribution in [0.3, 0.4) is 0 Å². The van der Waals surface area contributed by atoms with E-state index in [1.807, 2.05) is 41.2 Å². The molecule has 0 spiro atoms. The Kier molecular flexibility index (Phi) is 5.74. The van der Waals surface area contributed by atoms with Gasteiger partial charge in [-0.2, -0.15) is 5.10 Å². The lowest BCUT2D eigenvalue weighted by Gasteiger charge is -2.12. The topological polar surface area (TPSA) is 34.9 Å². The molecule has 21 heavy (non-hydrogen) atoms. The molecule has 3 nitrogen and oxygen atoms in total. The molecule has 0 radical (unpaired) electrons. The average Bonchev–Trinajstić information content (AvgIpc) is 2.91. The van der Waals surface area contributed by atoms with Crippen LogP contribution in [0.4, 0.5) is 0 Å². The van der Waals surface area contributed by atoms with Gasteiger partial charge in [0.1, 0.15) is 5.78 Å². The number of halogens is 1. The van der Waals surface area contributed by atoms with Gasteiger partial charge in [-0.15, -0.1) is 0 Å². The van der Waals surface area contributed by atoms with Crippen LogP contribution in [0, 0.1) is 0 Å². The number of aromatic nitrogens is 2. The van der Waals surface area contributed by atoms with Crippen molar-refractivity contribution < 1.29 is 4.79 Å². The van der Waals surface area contributed by atoms with Crippen LogP contribution in [-0.2, 0) is 17.6 Å². The predicted octanol–water partition coefficient (Wildman–Crippen LogP) is 4.36. The summed E-state index contributed by atoms with van der Waals surface area (Å²) in [5.41, 5.74) is 1.91. The van der Waals surface area contributed by atoms with Gasteiger partial charge in [0.25, 0.3) is 0 Å². The van der Waals surface area contributed by atoms with Crippen LogP contribution in [0.2, 0.25) is 0 Å². The first kappa shape index (κ1) is 16.0. The van der Waals surface area contributed by atoms with E-state index in [-0.39, 0.29) is 5.78 Å². The first-order chi connectivity index (χ1) is 10.1. The van der Waals surface area contributed by atoms with Crippen molar-refractivity contribution in [3.63, 3.8) is 0 Å². The maximum atomic E-state index is 12.1. The van der Waals surface area contributed by atoms with Gasteiger partial charge < -0.3 is 0 Å². The van der Waals surface area contributed by atoms with Gasteiger partial charge in [0, 0.05) is 17.1 Å². The van der Waals surface area contributed by atoms with E-state index in [1.54, 1.807) is 0 Å². The third-order valence-corrected chi connectivity index (χ3v) is 4.20. The molecule has 0 fully saturated rings. The van der Waals surface area contributed by atoms with Crippen LogP contribution in [-0.4, -0.2) is 15.6 Å². The molecule has 1 aromatic heterocycles. The number of nitrogens with zero attached hydrogens (tertiary/aromatic N) is 2. The highest BCUT2D eigenvalue weighted by Gasteiger charge is 2.11. The molecule has 0 aliphatic heterocycles. The van der Waals surface area contributed by atoms with Crippen LogP contribution in [0.1, 0.15) is 44.0 Å². The molecule has 2 aromatic rings. The molecule has 0 aliphatic rings. The quantitative estimate of drug-likeness (QED) is 0.744. The van der Waals surface area contributed by atoms with Gasteiger partial charge in [0.2, 0.25) is 0 Å². The fourth-order valence-corrected chi connectivity index (χ4v) is 2.70. The lowest BCUT2D eigenvalue weighted by atomic mass is 10.1. The lowest BCUT2D eigenvalue weighted by molar-refractivity contribution is -0.117. The van der Waals surface area contributed by atoms with E-state index in [4.69, 9.17) is 0 Å². The second kappa shape index (κ2) is 7.55. The third kappa shape index (κ3) is 4.53. The van der Waals surface area contributed by atoms with Crippen molar-refractivity contribution in [3.05, 3.63) is 52.3 Å². The average molecular weight is 349 g/mol. The smallest absolute Gasteiger partial charge is 0.143 e. The summed E-state index contributed by atoms with van der Waals surface area (Å²) in [6, 6.07) is 10.3. The Hall–Kier alpha value is -1.42. The number of carbonyl (C=O) groups is 1.